The molecule has 0 aliphatic carbocycles. The van der Waals surface area contributed by atoms with Gasteiger partial charge in [0, 0.05) is 6.20 Å². The number of rotatable bonds is 4. The summed E-state index contributed by atoms with van der Waals surface area (Å²) < 4.78 is 25.3. The summed E-state index contributed by atoms with van der Waals surface area (Å²) in [6.07, 6.45) is 1.39. The van der Waals surface area contributed by atoms with Crippen molar-refractivity contribution in [3.63, 3.8) is 0 Å². The van der Waals surface area contributed by atoms with E-state index in [0.717, 1.165) is 0 Å². The van der Waals surface area contributed by atoms with Gasteiger partial charge in [0.05, 0.1) is 6.54 Å². The normalized spacial score (nSPS) is 11.1. The molecule has 1 aromatic heterocycles. The van der Waals surface area contributed by atoms with Gasteiger partial charge in [-0.15, -0.1) is 0 Å². The highest BCUT2D eigenvalue weighted by atomic mass is 19.3. The number of nitrogens with one attached hydrogen (secondary N) is 1. The van der Waals surface area contributed by atoms with Gasteiger partial charge in [0.15, 0.2) is 0 Å². The molecule has 0 saturated carbocycles. The van der Waals surface area contributed by atoms with Crippen molar-refractivity contribution in [2.75, 3.05) is 11.9 Å². The first-order chi connectivity index (χ1) is 6.92. The average Bonchev–Trinajstić information content (AvgIpc) is 2.15. The van der Waals surface area contributed by atoms with Gasteiger partial charge in [-0.2, -0.15) is 8.78 Å². The number of carboxylic acids is 1. The maximum absolute atomic E-state index is 12.6. The minimum absolute atomic E-state index is 0.170. The number of hydrogen-bond acceptors (Lipinski definition) is 4. The number of nitrogens with zero attached hydrogens (tertiary/aromatic N) is 2. The average molecular weight is 217 g/mol. The predicted molar refractivity (Wildman–Crippen MR) is 47.8 cm³/mol. The zero-order chi connectivity index (χ0) is 11.5. The molecule has 0 atom stereocenters. The lowest BCUT2D eigenvalue weighted by Crippen LogP contribution is -2.36. The number of alkyl halides is 2. The quantitative estimate of drug-likeness (QED) is 0.784. The minimum atomic E-state index is -3.81. The molecular weight excluding hydrogens is 208 g/mol. The smallest absolute Gasteiger partial charge is 0.376 e. The molecule has 0 spiro atoms. The van der Waals surface area contributed by atoms with Crippen LogP contribution in [-0.4, -0.2) is 33.5 Å². The molecule has 0 unspecified atom stereocenters. The number of hydrogen-bond donors (Lipinski definition) is 2. The zero-order valence-corrected chi connectivity index (χ0v) is 7.87. The lowest BCUT2D eigenvalue weighted by molar-refractivity contribution is -0.162. The molecule has 0 saturated heterocycles. The Labute approximate surface area is 84.2 Å². The number of carboxylic acid groups (broad SMARTS) is 1. The molecule has 15 heavy (non-hydrogen) atoms. The van der Waals surface area contributed by atoms with E-state index in [1.807, 2.05) is 0 Å². The van der Waals surface area contributed by atoms with Crippen molar-refractivity contribution in [3.05, 3.63) is 18.1 Å². The van der Waals surface area contributed by atoms with Crippen LogP contribution >= 0.6 is 0 Å². The summed E-state index contributed by atoms with van der Waals surface area (Å²) >= 11 is 0. The fourth-order valence-electron chi connectivity index (χ4n) is 0.832. The number of aliphatic carboxylic acids is 1. The summed E-state index contributed by atoms with van der Waals surface area (Å²) in [5.74, 6) is -5.39. The van der Waals surface area contributed by atoms with E-state index in [1.54, 1.807) is 6.92 Å². The fraction of sp³-hybridized carbons (Fsp3) is 0.375. The third-order valence-corrected chi connectivity index (χ3v) is 1.58. The van der Waals surface area contributed by atoms with Crippen molar-refractivity contribution in [2.45, 2.75) is 12.8 Å². The van der Waals surface area contributed by atoms with Crippen LogP contribution in [0.15, 0.2) is 12.3 Å². The van der Waals surface area contributed by atoms with Gasteiger partial charge >= 0.3 is 11.9 Å². The highest BCUT2D eigenvalue weighted by Gasteiger charge is 2.38. The van der Waals surface area contributed by atoms with E-state index in [1.165, 1.54) is 12.3 Å². The van der Waals surface area contributed by atoms with Crippen molar-refractivity contribution in [3.8, 4) is 0 Å². The van der Waals surface area contributed by atoms with Crippen molar-refractivity contribution in [1.29, 1.82) is 0 Å². The summed E-state index contributed by atoms with van der Waals surface area (Å²) in [7, 11) is 0. The van der Waals surface area contributed by atoms with Crippen LogP contribution in [0.5, 0.6) is 0 Å². The van der Waals surface area contributed by atoms with Gasteiger partial charge < -0.3 is 10.4 Å². The minimum Gasteiger partial charge on any atom is -0.477 e. The number of aryl methyl sites for hydroxylation is 1. The third kappa shape index (κ3) is 3.12. The summed E-state index contributed by atoms with van der Waals surface area (Å²) in [5.41, 5.74) is 0. The molecule has 0 aliphatic rings. The maximum Gasteiger partial charge on any atom is 0.376 e. The lowest BCUT2D eigenvalue weighted by Gasteiger charge is -2.12. The van der Waals surface area contributed by atoms with Crippen molar-refractivity contribution in [2.24, 2.45) is 0 Å². The molecule has 1 heterocycles. The molecule has 5 nitrogen and oxygen atoms in total. The van der Waals surface area contributed by atoms with Crippen molar-refractivity contribution in [1.82, 2.24) is 9.97 Å². The van der Waals surface area contributed by atoms with Crippen LogP contribution in [-0.2, 0) is 4.79 Å². The summed E-state index contributed by atoms with van der Waals surface area (Å²) in [4.78, 5) is 17.6. The SMILES string of the molecule is Cc1nccc(NCC(F)(F)C(=O)O)n1. The van der Waals surface area contributed by atoms with Crippen LogP contribution in [0, 0.1) is 6.92 Å². The molecule has 1 rings (SSSR count). The predicted octanol–water partition coefficient (Wildman–Crippen LogP) is 0.917. The van der Waals surface area contributed by atoms with Gasteiger partial charge in [0.1, 0.15) is 11.6 Å². The second kappa shape index (κ2) is 4.16. The van der Waals surface area contributed by atoms with Gasteiger partial charge in [-0.1, -0.05) is 0 Å². The van der Waals surface area contributed by atoms with E-state index in [-0.39, 0.29) is 5.82 Å². The number of anilines is 1. The van der Waals surface area contributed by atoms with Gasteiger partial charge in [0.2, 0.25) is 0 Å². The van der Waals surface area contributed by atoms with Gasteiger partial charge in [0.25, 0.3) is 0 Å². The Morgan fingerprint density at radius 1 is 1.67 bits per heavy atom. The summed E-state index contributed by atoms with van der Waals surface area (Å²) in [6.45, 7) is 0.597. The van der Waals surface area contributed by atoms with Crippen molar-refractivity contribution >= 4 is 11.8 Å². The highest BCUT2D eigenvalue weighted by Crippen LogP contribution is 2.14. The van der Waals surface area contributed by atoms with Crippen LogP contribution in [0.25, 0.3) is 0 Å². The Hall–Kier alpha value is -1.79. The molecule has 0 radical (unpaired) electrons. The molecule has 0 bridgehead atoms. The van der Waals surface area contributed by atoms with Crippen LogP contribution in [0.2, 0.25) is 0 Å². The first kappa shape index (κ1) is 11.3. The topological polar surface area (TPSA) is 75.1 Å². The molecule has 2 N–H and O–H groups in total. The first-order valence-corrected chi connectivity index (χ1v) is 4.06. The monoisotopic (exact) mass is 217 g/mol. The largest absolute Gasteiger partial charge is 0.477 e. The Kier molecular flexibility index (Phi) is 3.13. The summed E-state index contributed by atoms with van der Waals surface area (Å²) in [6, 6.07) is 1.38. The Morgan fingerprint density at radius 2 is 2.33 bits per heavy atom. The van der Waals surface area contributed by atoms with Gasteiger partial charge in [-0.3, -0.25) is 0 Å². The molecule has 7 heteroatoms. The Bertz CT molecular complexity index is 371. The highest BCUT2D eigenvalue weighted by molar-refractivity contribution is 5.76. The Balaban J connectivity index is 2.61. The maximum atomic E-state index is 12.6. The van der Waals surface area contributed by atoms with Crippen LogP contribution < -0.4 is 5.32 Å². The van der Waals surface area contributed by atoms with Gasteiger partial charge in [-0.05, 0) is 13.0 Å². The van der Waals surface area contributed by atoms with Gasteiger partial charge in [-0.25, -0.2) is 14.8 Å². The van der Waals surface area contributed by atoms with E-state index in [2.05, 4.69) is 15.3 Å². The van der Waals surface area contributed by atoms with E-state index in [0.29, 0.717) is 5.82 Å². The zero-order valence-electron chi connectivity index (χ0n) is 7.87. The molecule has 0 amide bonds. The second-order valence-corrected chi connectivity index (χ2v) is 2.85. The van der Waals surface area contributed by atoms with Crippen LogP contribution in [0.1, 0.15) is 5.82 Å². The Morgan fingerprint density at radius 3 is 2.87 bits per heavy atom. The molecule has 0 aromatic carbocycles. The molecular formula is C8H9F2N3O2. The van der Waals surface area contributed by atoms with E-state index in [9.17, 15) is 13.6 Å². The van der Waals surface area contributed by atoms with E-state index in [4.69, 9.17) is 5.11 Å². The van der Waals surface area contributed by atoms with E-state index >= 15 is 0 Å². The molecule has 0 fully saturated rings. The second-order valence-electron chi connectivity index (χ2n) is 2.85. The number of carbonyl (C=O) groups is 1. The van der Waals surface area contributed by atoms with Crippen LogP contribution in [0.4, 0.5) is 14.6 Å². The van der Waals surface area contributed by atoms with Crippen molar-refractivity contribution < 1.29 is 18.7 Å². The molecule has 1 aromatic rings. The molecule has 0 aliphatic heterocycles. The fourth-order valence-corrected chi connectivity index (χ4v) is 0.832. The third-order valence-electron chi connectivity index (χ3n) is 1.58. The summed E-state index contributed by atoms with van der Waals surface area (Å²) in [5, 5.41) is 10.4. The molecule has 82 valence electrons. The lowest BCUT2D eigenvalue weighted by atomic mass is 10.3. The van der Waals surface area contributed by atoms with E-state index < -0.39 is 18.4 Å². The first-order valence-electron chi connectivity index (χ1n) is 4.06. The standard InChI is InChI=1S/C8H9F2N3O2/c1-5-11-3-2-6(13-5)12-4-8(9,10)7(14)15/h2-3H,4H2,1H3,(H,14,15)(H,11,12,13). The number of halogens is 2. The van der Waals surface area contributed by atoms with Crippen LogP contribution in [0.3, 0.4) is 0 Å². The number of aromatic nitrogens is 2.